The van der Waals surface area contributed by atoms with Crippen LogP contribution in [0.1, 0.15) is 53.7 Å². The molecule has 136 valence electrons. The Kier molecular flexibility index (Phi) is 5.91. The van der Waals surface area contributed by atoms with Gasteiger partial charge < -0.3 is 14.6 Å². The minimum absolute atomic E-state index is 0.00485. The van der Waals surface area contributed by atoms with E-state index in [1.165, 1.54) is 0 Å². The standard InChI is InChI=1S/C19H27N3O2S/c1-4-5-8-20-19(23)16-10-18(17-12-25-14(3)21-17)22(13(16)2)11-15-7-6-9-24-15/h10,12,15H,4-9,11H2,1-3H3,(H,20,23). The van der Waals surface area contributed by atoms with Gasteiger partial charge in [0.1, 0.15) is 0 Å². The second kappa shape index (κ2) is 8.15. The molecular weight excluding hydrogens is 334 g/mol. The molecule has 1 saturated heterocycles. The van der Waals surface area contributed by atoms with Crippen LogP contribution in [0.2, 0.25) is 0 Å². The number of unbranched alkanes of at least 4 members (excludes halogenated alkanes) is 1. The van der Waals surface area contributed by atoms with Crippen LogP contribution in [0.5, 0.6) is 0 Å². The minimum atomic E-state index is 0.00485. The van der Waals surface area contributed by atoms with E-state index in [1.807, 2.05) is 19.9 Å². The van der Waals surface area contributed by atoms with Crippen LogP contribution in [0.25, 0.3) is 11.4 Å². The Balaban J connectivity index is 1.91. The number of ether oxygens (including phenoxy) is 1. The lowest BCUT2D eigenvalue weighted by atomic mass is 10.2. The van der Waals surface area contributed by atoms with E-state index >= 15 is 0 Å². The summed E-state index contributed by atoms with van der Waals surface area (Å²) in [4.78, 5) is 17.2. The van der Waals surface area contributed by atoms with E-state index in [2.05, 4.69) is 27.2 Å². The first-order valence-corrected chi connectivity index (χ1v) is 10.0. The van der Waals surface area contributed by atoms with Crippen LogP contribution in [-0.4, -0.2) is 34.7 Å². The molecule has 0 radical (unpaired) electrons. The van der Waals surface area contributed by atoms with Gasteiger partial charge in [0.2, 0.25) is 0 Å². The lowest BCUT2D eigenvalue weighted by molar-refractivity contribution is 0.0941. The SMILES string of the molecule is CCCCNC(=O)c1cc(-c2csc(C)n2)n(CC2CCCO2)c1C. The molecule has 1 aliphatic rings. The molecule has 0 aromatic carbocycles. The monoisotopic (exact) mass is 361 g/mol. The van der Waals surface area contributed by atoms with Crippen molar-refractivity contribution >= 4 is 17.2 Å². The van der Waals surface area contributed by atoms with E-state index in [-0.39, 0.29) is 12.0 Å². The molecule has 3 heterocycles. The predicted octanol–water partition coefficient (Wildman–Crippen LogP) is 3.94. The molecule has 1 atom stereocenters. The summed E-state index contributed by atoms with van der Waals surface area (Å²) in [7, 11) is 0. The number of thiazole rings is 1. The van der Waals surface area contributed by atoms with Crippen molar-refractivity contribution in [2.75, 3.05) is 13.2 Å². The maximum atomic E-state index is 12.6. The van der Waals surface area contributed by atoms with E-state index in [0.717, 1.165) is 73.0 Å². The van der Waals surface area contributed by atoms with Crippen molar-refractivity contribution in [3.8, 4) is 11.4 Å². The highest BCUT2D eigenvalue weighted by Gasteiger charge is 2.23. The topological polar surface area (TPSA) is 56.2 Å². The Labute approximate surface area is 153 Å². The van der Waals surface area contributed by atoms with Crippen LogP contribution in [0, 0.1) is 13.8 Å². The van der Waals surface area contributed by atoms with Crippen molar-refractivity contribution in [1.29, 1.82) is 0 Å². The molecule has 1 amide bonds. The van der Waals surface area contributed by atoms with Crippen molar-refractivity contribution in [3.05, 3.63) is 27.7 Å². The Morgan fingerprint density at radius 3 is 2.96 bits per heavy atom. The maximum absolute atomic E-state index is 12.6. The van der Waals surface area contributed by atoms with Gasteiger partial charge in [0.25, 0.3) is 5.91 Å². The molecule has 0 aliphatic carbocycles. The van der Waals surface area contributed by atoms with Gasteiger partial charge in [0, 0.05) is 30.8 Å². The summed E-state index contributed by atoms with van der Waals surface area (Å²) in [5, 5.41) is 6.13. The summed E-state index contributed by atoms with van der Waals surface area (Å²) in [5.74, 6) is 0.00485. The summed E-state index contributed by atoms with van der Waals surface area (Å²) in [6.45, 7) is 8.48. The predicted molar refractivity (Wildman–Crippen MR) is 101 cm³/mol. The van der Waals surface area contributed by atoms with Gasteiger partial charge in [-0.05, 0) is 39.2 Å². The van der Waals surface area contributed by atoms with Crippen LogP contribution in [-0.2, 0) is 11.3 Å². The van der Waals surface area contributed by atoms with Gasteiger partial charge in [-0.15, -0.1) is 11.3 Å². The van der Waals surface area contributed by atoms with Gasteiger partial charge in [-0.25, -0.2) is 4.98 Å². The van der Waals surface area contributed by atoms with E-state index in [1.54, 1.807) is 11.3 Å². The largest absolute Gasteiger partial charge is 0.376 e. The minimum Gasteiger partial charge on any atom is -0.376 e. The number of carbonyl (C=O) groups excluding carboxylic acids is 1. The fraction of sp³-hybridized carbons (Fsp3) is 0.579. The molecular formula is C19H27N3O2S. The molecule has 1 aliphatic heterocycles. The summed E-state index contributed by atoms with van der Waals surface area (Å²) < 4.78 is 8.03. The molecule has 3 rings (SSSR count). The zero-order valence-electron chi connectivity index (χ0n) is 15.3. The Bertz CT molecular complexity index is 729. The number of rotatable bonds is 7. The number of nitrogens with one attached hydrogen (secondary N) is 1. The normalized spacial score (nSPS) is 17.2. The van der Waals surface area contributed by atoms with Crippen molar-refractivity contribution in [2.24, 2.45) is 0 Å². The molecule has 5 nitrogen and oxygen atoms in total. The van der Waals surface area contributed by atoms with Gasteiger partial charge in [0.15, 0.2) is 0 Å². The second-order valence-electron chi connectivity index (χ2n) is 6.64. The average Bonchev–Trinajstić information content (AvgIpc) is 3.31. The molecule has 1 fully saturated rings. The summed E-state index contributed by atoms with van der Waals surface area (Å²) >= 11 is 1.63. The third kappa shape index (κ3) is 4.12. The Hall–Kier alpha value is -1.66. The number of nitrogens with zero attached hydrogens (tertiary/aromatic N) is 2. The first-order valence-electron chi connectivity index (χ1n) is 9.12. The lowest BCUT2D eigenvalue weighted by Crippen LogP contribution is -2.25. The lowest BCUT2D eigenvalue weighted by Gasteiger charge is -2.15. The highest BCUT2D eigenvalue weighted by Crippen LogP contribution is 2.29. The van der Waals surface area contributed by atoms with Crippen LogP contribution >= 0.6 is 11.3 Å². The van der Waals surface area contributed by atoms with Crippen molar-refractivity contribution in [3.63, 3.8) is 0 Å². The highest BCUT2D eigenvalue weighted by molar-refractivity contribution is 7.09. The van der Waals surface area contributed by atoms with Crippen LogP contribution in [0.3, 0.4) is 0 Å². The van der Waals surface area contributed by atoms with E-state index in [0.29, 0.717) is 0 Å². The number of amides is 1. The first-order chi connectivity index (χ1) is 12.1. The summed E-state index contributed by atoms with van der Waals surface area (Å²) in [5.41, 5.74) is 3.69. The molecule has 0 bridgehead atoms. The van der Waals surface area contributed by atoms with E-state index in [4.69, 9.17) is 4.74 Å². The number of carbonyl (C=O) groups is 1. The van der Waals surface area contributed by atoms with Crippen LogP contribution < -0.4 is 5.32 Å². The fourth-order valence-electron chi connectivity index (χ4n) is 3.27. The highest BCUT2D eigenvalue weighted by atomic mass is 32.1. The van der Waals surface area contributed by atoms with Crippen molar-refractivity contribution in [2.45, 2.75) is 59.1 Å². The maximum Gasteiger partial charge on any atom is 0.253 e. The fourth-order valence-corrected chi connectivity index (χ4v) is 3.88. The van der Waals surface area contributed by atoms with Gasteiger partial charge in [-0.3, -0.25) is 4.79 Å². The Morgan fingerprint density at radius 1 is 1.48 bits per heavy atom. The molecule has 0 saturated carbocycles. The molecule has 0 spiro atoms. The zero-order chi connectivity index (χ0) is 17.8. The summed E-state index contributed by atoms with van der Waals surface area (Å²) in [6.07, 6.45) is 4.48. The number of aromatic nitrogens is 2. The zero-order valence-corrected chi connectivity index (χ0v) is 16.1. The van der Waals surface area contributed by atoms with Crippen molar-refractivity contribution < 1.29 is 9.53 Å². The molecule has 25 heavy (non-hydrogen) atoms. The van der Waals surface area contributed by atoms with E-state index in [9.17, 15) is 4.79 Å². The van der Waals surface area contributed by atoms with E-state index < -0.39 is 0 Å². The molecule has 1 unspecified atom stereocenters. The number of aryl methyl sites for hydroxylation is 1. The van der Waals surface area contributed by atoms with Gasteiger partial charge >= 0.3 is 0 Å². The molecule has 2 aromatic rings. The Morgan fingerprint density at radius 2 is 2.32 bits per heavy atom. The smallest absolute Gasteiger partial charge is 0.253 e. The average molecular weight is 362 g/mol. The van der Waals surface area contributed by atoms with Crippen molar-refractivity contribution in [1.82, 2.24) is 14.9 Å². The molecule has 2 aromatic heterocycles. The van der Waals surface area contributed by atoms with Gasteiger partial charge in [-0.1, -0.05) is 13.3 Å². The number of hydrogen-bond acceptors (Lipinski definition) is 4. The third-order valence-electron chi connectivity index (χ3n) is 4.72. The first kappa shape index (κ1) is 18.1. The second-order valence-corrected chi connectivity index (χ2v) is 7.70. The van der Waals surface area contributed by atoms with Gasteiger partial charge in [-0.2, -0.15) is 0 Å². The van der Waals surface area contributed by atoms with Crippen LogP contribution in [0.4, 0.5) is 0 Å². The van der Waals surface area contributed by atoms with Crippen LogP contribution in [0.15, 0.2) is 11.4 Å². The van der Waals surface area contributed by atoms with Gasteiger partial charge in [0.05, 0.1) is 28.1 Å². The quantitative estimate of drug-likeness (QED) is 0.760. The molecule has 1 N–H and O–H groups in total. The molecule has 6 heteroatoms. The summed E-state index contributed by atoms with van der Waals surface area (Å²) in [6, 6.07) is 1.99. The number of hydrogen-bond donors (Lipinski definition) is 1. The third-order valence-corrected chi connectivity index (χ3v) is 5.49.